The second-order valence-electron chi connectivity index (χ2n) is 6.51. The first-order valence-corrected chi connectivity index (χ1v) is 9.04. The van der Waals surface area contributed by atoms with Crippen LogP contribution in [0.4, 0.5) is 16.2 Å². The van der Waals surface area contributed by atoms with Crippen molar-refractivity contribution in [3.8, 4) is 5.69 Å². The fourth-order valence-electron chi connectivity index (χ4n) is 2.89. The maximum atomic E-state index is 12.9. The summed E-state index contributed by atoms with van der Waals surface area (Å²) < 4.78 is 1.74. The van der Waals surface area contributed by atoms with Gasteiger partial charge in [-0.3, -0.25) is 4.79 Å². The zero-order valence-electron chi connectivity index (χ0n) is 15.4. The molecule has 144 valence electrons. The van der Waals surface area contributed by atoms with Crippen molar-refractivity contribution in [2.24, 2.45) is 5.73 Å². The van der Waals surface area contributed by atoms with Gasteiger partial charge in [0.05, 0.1) is 23.1 Å². The standard InChI is InChI=1S/C20H20ClN5O2/c1-12(2)18-17(11-23-26(18)16-8-6-13(21)7-9-16)19(27)24-14-4-3-5-15(10-14)25-20(22)28/h3-12H,1-2H3,(H,24,27)(H3,22,25,28). The highest BCUT2D eigenvalue weighted by atomic mass is 35.5. The van der Waals surface area contributed by atoms with E-state index in [1.165, 1.54) is 0 Å². The van der Waals surface area contributed by atoms with Crippen molar-refractivity contribution in [2.75, 3.05) is 10.6 Å². The van der Waals surface area contributed by atoms with Crippen LogP contribution in [0.1, 0.15) is 35.8 Å². The lowest BCUT2D eigenvalue weighted by molar-refractivity contribution is 0.102. The van der Waals surface area contributed by atoms with Gasteiger partial charge in [-0.25, -0.2) is 9.48 Å². The van der Waals surface area contributed by atoms with E-state index in [2.05, 4.69) is 15.7 Å². The summed E-state index contributed by atoms with van der Waals surface area (Å²) in [6.45, 7) is 4.00. The van der Waals surface area contributed by atoms with E-state index in [0.717, 1.165) is 11.4 Å². The lowest BCUT2D eigenvalue weighted by atomic mass is 10.0. The molecule has 0 atom stereocenters. The normalized spacial score (nSPS) is 10.7. The molecule has 1 aromatic heterocycles. The Hall–Kier alpha value is -3.32. The second-order valence-corrected chi connectivity index (χ2v) is 6.95. The van der Waals surface area contributed by atoms with Gasteiger partial charge >= 0.3 is 6.03 Å². The highest BCUT2D eigenvalue weighted by Crippen LogP contribution is 2.25. The molecule has 1 heterocycles. The van der Waals surface area contributed by atoms with E-state index >= 15 is 0 Å². The van der Waals surface area contributed by atoms with Crippen LogP contribution in [-0.4, -0.2) is 21.7 Å². The Balaban J connectivity index is 1.90. The molecule has 7 nitrogen and oxygen atoms in total. The predicted octanol–water partition coefficient (Wildman–Crippen LogP) is 4.39. The number of aromatic nitrogens is 2. The quantitative estimate of drug-likeness (QED) is 0.594. The monoisotopic (exact) mass is 397 g/mol. The summed E-state index contributed by atoms with van der Waals surface area (Å²) in [4.78, 5) is 23.9. The minimum atomic E-state index is -0.671. The van der Waals surface area contributed by atoms with Gasteiger partial charge in [-0.1, -0.05) is 31.5 Å². The van der Waals surface area contributed by atoms with E-state index in [0.29, 0.717) is 22.0 Å². The number of nitrogens with zero attached hydrogens (tertiary/aromatic N) is 2. The number of carbonyl (C=O) groups is 2. The Morgan fingerprint density at radius 2 is 1.71 bits per heavy atom. The second kappa shape index (κ2) is 8.14. The van der Waals surface area contributed by atoms with Gasteiger partial charge in [0.1, 0.15) is 0 Å². The van der Waals surface area contributed by atoms with Crippen molar-refractivity contribution in [3.05, 3.63) is 71.0 Å². The Labute approximate surface area is 167 Å². The molecule has 8 heteroatoms. The summed E-state index contributed by atoms with van der Waals surface area (Å²) >= 11 is 5.96. The molecule has 0 fully saturated rings. The molecule has 0 bridgehead atoms. The Bertz CT molecular complexity index is 1010. The maximum absolute atomic E-state index is 12.9. The Kier molecular flexibility index (Phi) is 5.65. The van der Waals surface area contributed by atoms with Gasteiger partial charge in [-0.2, -0.15) is 5.10 Å². The van der Waals surface area contributed by atoms with E-state index < -0.39 is 6.03 Å². The first-order chi connectivity index (χ1) is 13.3. The molecular formula is C20H20ClN5O2. The zero-order chi connectivity index (χ0) is 20.3. The number of primary amides is 1. The lowest BCUT2D eigenvalue weighted by Crippen LogP contribution is -2.19. The van der Waals surface area contributed by atoms with Crippen molar-refractivity contribution in [1.82, 2.24) is 9.78 Å². The number of carbonyl (C=O) groups excluding carboxylic acids is 2. The maximum Gasteiger partial charge on any atom is 0.316 e. The average molecular weight is 398 g/mol. The van der Waals surface area contributed by atoms with Crippen molar-refractivity contribution < 1.29 is 9.59 Å². The van der Waals surface area contributed by atoms with Gasteiger partial charge in [0.2, 0.25) is 0 Å². The van der Waals surface area contributed by atoms with Gasteiger partial charge in [0.25, 0.3) is 5.91 Å². The Morgan fingerprint density at radius 3 is 2.32 bits per heavy atom. The number of amides is 3. The van der Waals surface area contributed by atoms with Crippen molar-refractivity contribution >= 4 is 34.9 Å². The number of hydrogen-bond donors (Lipinski definition) is 3. The van der Waals surface area contributed by atoms with Gasteiger partial charge in [-0.05, 0) is 48.4 Å². The molecule has 3 rings (SSSR count). The summed E-state index contributed by atoms with van der Waals surface area (Å²) in [5.74, 6) is -0.234. The van der Waals surface area contributed by atoms with E-state index in [-0.39, 0.29) is 11.8 Å². The van der Waals surface area contributed by atoms with E-state index in [9.17, 15) is 9.59 Å². The van der Waals surface area contributed by atoms with Crippen LogP contribution in [0.25, 0.3) is 5.69 Å². The molecule has 0 saturated carbocycles. The predicted molar refractivity (Wildman–Crippen MR) is 110 cm³/mol. The number of halogens is 1. The molecule has 0 saturated heterocycles. The third-order valence-corrected chi connectivity index (χ3v) is 4.31. The van der Waals surface area contributed by atoms with Crippen LogP contribution in [0.5, 0.6) is 0 Å². The first-order valence-electron chi connectivity index (χ1n) is 8.67. The smallest absolute Gasteiger partial charge is 0.316 e. The summed E-state index contributed by atoms with van der Waals surface area (Å²) in [7, 11) is 0. The zero-order valence-corrected chi connectivity index (χ0v) is 16.2. The molecule has 3 aromatic rings. The van der Waals surface area contributed by atoms with E-state index in [1.54, 1.807) is 47.3 Å². The number of rotatable bonds is 5. The van der Waals surface area contributed by atoms with Crippen molar-refractivity contribution in [2.45, 2.75) is 19.8 Å². The number of nitrogens with one attached hydrogen (secondary N) is 2. The third-order valence-electron chi connectivity index (χ3n) is 4.06. The number of benzene rings is 2. The van der Waals surface area contributed by atoms with Crippen LogP contribution < -0.4 is 16.4 Å². The molecular weight excluding hydrogens is 378 g/mol. The largest absolute Gasteiger partial charge is 0.351 e. The Morgan fingerprint density at radius 1 is 1.07 bits per heavy atom. The summed E-state index contributed by atoms with van der Waals surface area (Å²) in [6.07, 6.45) is 1.55. The minimum Gasteiger partial charge on any atom is -0.351 e. The molecule has 0 unspecified atom stereocenters. The SMILES string of the molecule is CC(C)c1c(C(=O)Nc2cccc(NC(N)=O)c2)cnn1-c1ccc(Cl)cc1. The highest BCUT2D eigenvalue weighted by Gasteiger charge is 2.21. The van der Waals surface area contributed by atoms with E-state index in [4.69, 9.17) is 17.3 Å². The lowest BCUT2D eigenvalue weighted by Gasteiger charge is -2.13. The van der Waals surface area contributed by atoms with Gasteiger partial charge in [0.15, 0.2) is 0 Å². The molecule has 0 spiro atoms. The molecule has 4 N–H and O–H groups in total. The first kappa shape index (κ1) is 19.4. The van der Waals surface area contributed by atoms with Crippen LogP contribution in [0.3, 0.4) is 0 Å². The molecule has 0 radical (unpaired) electrons. The van der Waals surface area contributed by atoms with Gasteiger partial charge in [0, 0.05) is 16.4 Å². The summed E-state index contributed by atoms with van der Waals surface area (Å²) in [5, 5.41) is 10.3. The number of urea groups is 1. The third kappa shape index (κ3) is 4.32. The van der Waals surface area contributed by atoms with Crippen LogP contribution in [-0.2, 0) is 0 Å². The van der Waals surface area contributed by atoms with Crippen LogP contribution >= 0.6 is 11.6 Å². The van der Waals surface area contributed by atoms with Crippen LogP contribution in [0.2, 0.25) is 5.02 Å². The molecule has 0 aliphatic rings. The fourth-order valence-corrected chi connectivity index (χ4v) is 3.02. The van der Waals surface area contributed by atoms with Crippen molar-refractivity contribution in [3.63, 3.8) is 0 Å². The molecule has 28 heavy (non-hydrogen) atoms. The minimum absolute atomic E-state index is 0.0572. The molecule has 0 aliphatic carbocycles. The summed E-state index contributed by atoms with van der Waals surface area (Å²) in [5.41, 5.74) is 8.23. The average Bonchev–Trinajstić information content (AvgIpc) is 3.07. The number of anilines is 2. The van der Waals surface area contributed by atoms with E-state index in [1.807, 2.05) is 26.0 Å². The summed E-state index contributed by atoms with van der Waals surface area (Å²) in [6, 6.07) is 13.3. The molecule has 3 amide bonds. The highest BCUT2D eigenvalue weighted by molar-refractivity contribution is 6.30. The van der Waals surface area contributed by atoms with Crippen LogP contribution in [0.15, 0.2) is 54.7 Å². The van der Waals surface area contributed by atoms with Gasteiger partial charge in [-0.15, -0.1) is 0 Å². The number of nitrogens with two attached hydrogens (primary N) is 1. The molecule has 0 aliphatic heterocycles. The fraction of sp³-hybridized carbons (Fsp3) is 0.150. The van der Waals surface area contributed by atoms with Crippen LogP contribution in [0, 0.1) is 0 Å². The van der Waals surface area contributed by atoms with Gasteiger partial charge < -0.3 is 16.4 Å². The van der Waals surface area contributed by atoms with Crippen molar-refractivity contribution in [1.29, 1.82) is 0 Å². The topological polar surface area (TPSA) is 102 Å². The number of hydrogen-bond acceptors (Lipinski definition) is 3. The molecule has 2 aromatic carbocycles.